The van der Waals surface area contributed by atoms with E-state index in [0.717, 1.165) is 34.2 Å². The summed E-state index contributed by atoms with van der Waals surface area (Å²) in [4.78, 5) is 1.16. The summed E-state index contributed by atoms with van der Waals surface area (Å²) in [5.74, 6) is 1.07. The second kappa shape index (κ2) is 6.72. The number of anilines is 1. The highest BCUT2D eigenvalue weighted by molar-refractivity contribution is 7.99. The summed E-state index contributed by atoms with van der Waals surface area (Å²) in [7, 11) is 0. The maximum atomic E-state index is 6.10. The van der Waals surface area contributed by atoms with Crippen molar-refractivity contribution in [2.75, 3.05) is 11.5 Å². The van der Waals surface area contributed by atoms with Gasteiger partial charge in [-0.15, -0.1) is 11.8 Å². The van der Waals surface area contributed by atoms with E-state index in [1.54, 1.807) is 0 Å². The quantitative estimate of drug-likeness (QED) is 0.489. The van der Waals surface area contributed by atoms with Gasteiger partial charge in [0.15, 0.2) is 0 Å². The van der Waals surface area contributed by atoms with E-state index in [1.807, 2.05) is 48.2 Å². The third-order valence-electron chi connectivity index (χ3n) is 2.66. The summed E-state index contributed by atoms with van der Waals surface area (Å²) < 4.78 is 0. The molecule has 2 N–H and O–H groups in total. The number of nitrogen functional groups attached to an aromatic ring is 1. The lowest BCUT2D eigenvalue weighted by Crippen LogP contribution is -1.90. The fourth-order valence-electron chi connectivity index (χ4n) is 1.77. The highest BCUT2D eigenvalue weighted by atomic mass is 35.5. The number of nitrogens with two attached hydrogens (primary N) is 1. The van der Waals surface area contributed by atoms with Crippen LogP contribution in [0.15, 0.2) is 53.4 Å². The van der Waals surface area contributed by atoms with Gasteiger partial charge in [0, 0.05) is 10.6 Å². The number of benzene rings is 2. The molecule has 0 aromatic heterocycles. The van der Waals surface area contributed by atoms with E-state index in [2.05, 4.69) is 12.1 Å². The molecule has 0 saturated carbocycles. The van der Waals surface area contributed by atoms with E-state index in [1.165, 1.54) is 5.56 Å². The molecule has 0 amide bonds. The van der Waals surface area contributed by atoms with Gasteiger partial charge >= 0.3 is 0 Å². The third-order valence-corrected chi connectivity index (χ3v) is 4.26. The third kappa shape index (κ3) is 3.97. The molecule has 0 unspecified atom stereocenters. The summed E-state index contributed by atoms with van der Waals surface area (Å²) in [5.41, 5.74) is 7.89. The van der Waals surface area contributed by atoms with Crippen molar-refractivity contribution in [3.8, 4) is 0 Å². The van der Waals surface area contributed by atoms with Gasteiger partial charge in [-0.25, -0.2) is 0 Å². The topological polar surface area (TPSA) is 26.0 Å². The molecular weight excluding hydrogens is 262 g/mol. The second-order valence-corrected chi connectivity index (χ2v) is 5.67. The molecule has 1 nitrogen and oxygen atoms in total. The van der Waals surface area contributed by atoms with Crippen molar-refractivity contribution in [2.24, 2.45) is 0 Å². The molecule has 0 heterocycles. The van der Waals surface area contributed by atoms with Crippen LogP contribution in [-0.2, 0) is 6.42 Å². The Morgan fingerprint density at radius 2 is 1.89 bits per heavy atom. The van der Waals surface area contributed by atoms with Crippen molar-refractivity contribution in [3.05, 3.63) is 59.1 Å². The maximum Gasteiger partial charge on any atom is 0.0541 e. The average molecular weight is 278 g/mol. The zero-order valence-corrected chi connectivity index (χ0v) is 11.7. The van der Waals surface area contributed by atoms with E-state index < -0.39 is 0 Å². The molecule has 0 bridgehead atoms. The highest BCUT2D eigenvalue weighted by Crippen LogP contribution is 2.27. The van der Waals surface area contributed by atoms with Gasteiger partial charge in [-0.05, 0) is 48.4 Å². The number of rotatable bonds is 5. The number of hydrogen-bond donors (Lipinski definition) is 1. The van der Waals surface area contributed by atoms with Gasteiger partial charge < -0.3 is 5.73 Å². The molecule has 94 valence electrons. The number of halogens is 1. The number of aryl methyl sites for hydroxylation is 1. The fourth-order valence-corrected chi connectivity index (χ4v) is 2.96. The molecule has 0 saturated heterocycles. The predicted molar refractivity (Wildman–Crippen MR) is 81.4 cm³/mol. The summed E-state index contributed by atoms with van der Waals surface area (Å²) in [5, 5.41) is 0.839. The molecule has 2 rings (SSSR count). The fraction of sp³-hybridized carbons (Fsp3) is 0.200. The van der Waals surface area contributed by atoms with Crippen LogP contribution < -0.4 is 5.73 Å². The Morgan fingerprint density at radius 3 is 2.67 bits per heavy atom. The van der Waals surface area contributed by atoms with E-state index >= 15 is 0 Å². The van der Waals surface area contributed by atoms with Crippen molar-refractivity contribution < 1.29 is 0 Å². The first kappa shape index (κ1) is 13.3. The minimum atomic E-state index is 0.839. The Balaban J connectivity index is 1.78. The molecule has 2 aromatic carbocycles. The zero-order chi connectivity index (χ0) is 12.8. The van der Waals surface area contributed by atoms with Gasteiger partial charge in [0.2, 0.25) is 0 Å². The summed E-state index contributed by atoms with van der Waals surface area (Å²) >= 11 is 7.91. The van der Waals surface area contributed by atoms with Crippen LogP contribution in [0.5, 0.6) is 0 Å². The first-order valence-electron chi connectivity index (χ1n) is 5.97. The van der Waals surface area contributed by atoms with Gasteiger partial charge in [-0.2, -0.15) is 0 Å². The van der Waals surface area contributed by atoms with Gasteiger partial charge in [0.25, 0.3) is 0 Å². The zero-order valence-electron chi connectivity index (χ0n) is 10.1. The van der Waals surface area contributed by atoms with Crippen LogP contribution >= 0.6 is 23.4 Å². The van der Waals surface area contributed by atoms with Crippen molar-refractivity contribution in [1.29, 1.82) is 0 Å². The van der Waals surface area contributed by atoms with Crippen LogP contribution in [-0.4, -0.2) is 5.75 Å². The molecule has 0 aliphatic carbocycles. The first-order valence-corrected chi connectivity index (χ1v) is 7.34. The van der Waals surface area contributed by atoms with Crippen molar-refractivity contribution in [1.82, 2.24) is 0 Å². The Kier molecular flexibility index (Phi) is 4.97. The maximum absolute atomic E-state index is 6.10. The Hall–Kier alpha value is -1.12. The highest BCUT2D eigenvalue weighted by Gasteiger charge is 2.00. The average Bonchev–Trinajstić information content (AvgIpc) is 2.37. The standard InChI is InChI=1S/C15H16ClNS/c16-14-8-1-2-9-15(14)18-10-4-6-12-5-3-7-13(17)11-12/h1-3,5,7-9,11H,4,6,10,17H2. The van der Waals surface area contributed by atoms with Crippen molar-refractivity contribution in [3.63, 3.8) is 0 Å². The van der Waals surface area contributed by atoms with E-state index in [-0.39, 0.29) is 0 Å². The smallest absolute Gasteiger partial charge is 0.0541 e. The summed E-state index contributed by atoms with van der Waals surface area (Å²) in [6, 6.07) is 16.1. The van der Waals surface area contributed by atoms with Gasteiger partial charge in [0.05, 0.1) is 5.02 Å². The Labute approximate surface area is 117 Å². The monoisotopic (exact) mass is 277 g/mol. The van der Waals surface area contributed by atoms with Gasteiger partial charge in [-0.3, -0.25) is 0 Å². The van der Waals surface area contributed by atoms with E-state index in [9.17, 15) is 0 Å². The van der Waals surface area contributed by atoms with Crippen LogP contribution in [0.25, 0.3) is 0 Å². The lowest BCUT2D eigenvalue weighted by molar-refractivity contribution is 0.933. The first-order chi connectivity index (χ1) is 8.75. The van der Waals surface area contributed by atoms with Crippen LogP contribution in [0.4, 0.5) is 5.69 Å². The second-order valence-electron chi connectivity index (χ2n) is 4.13. The minimum Gasteiger partial charge on any atom is -0.399 e. The molecule has 2 aromatic rings. The Bertz CT molecular complexity index is 513. The molecule has 0 aliphatic rings. The molecule has 0 fully saturated rings. The van der Waals surface area contributed by atoms with E-state index in [4.69, 9.17) is 17.3 Å². The summed E-state index contributed by atoms with van der Waals surface area (Å²) in [6.07, 6.45) is 2.18. The number of thioether (sulfide) groups is 1. The molecule has 3 heteroatoms. The molecule has 0 aliphatic heterocycles. The lowest BCUT2D eigenvalue weighted by atomic mass is 10.1. The lowest BCUT2D eigenvalue weighted by Gasteiger charge is -2.04. The molecule has 18 heavy (non-hydrogen) atoms. The van der Waals surface area contributed by atoms with Crippen LogP contribution in [0, 0.1) is 0 Å². The van der Waals surface area contributed by atoms with Gasteiger partial charge in [-0.1, -0.05) is 35.9 Å². The normalized spacial score (nSPS) is 10.5. The SMILES string of the molecule is Nc1cccc(CCCSc2ccccc2Cl)c1. The Morgan fingerprint density at radius 1 is 1.06 bits per heavy atom. The number of hydrogen-bond acceptors (Lipinski definition) is 2. The largest absolute Gasteiger partial charge is 0.399 e. The molecule has 0 radical (unpaired) electrons. The van der Waals surface area contributed by atoms with E-state index in [0.29, 0.717) is 0 Å². The molecule has 0 atom stereocenters. The van der Waals surface area contributed by atoms with Crippen molar-refractivity contribution >= 4 is 29.1 Å². The van der Waals surface area contributed by atoms with Crippen LogP contribution in [0.2, 0.25) is 5.02 Å². The van der Waals surface area contributed by atoms with Crippen molar-refractivity contribution in [2.45, 2.75) is 17.7 Å². The molecular formula is C15H16ClNS. The van der Waals surface area contributed by atoms with Crippen LogP contribution in [0.3, 0.4) is 0 Å². The minimum absolute atomic E-state index is 0.839. The summed E-state index contributed by atoms with van der Waals surface area (Å²) in [6.45, 7) is 0. The van der Waals surface area contributed by atoms with Gasteiger partial charge in [0.1, 0.15) is 0 Å². The predicted octanol–water partition coefficient (Wildman–Crippen LogP) is 4.65. The van der Waals surface area contributed by atoms with Crippen LogP contribution in [0.1, 0.15) is 12.0 Å². The molecule has 0 spiro atoms.